The number of carboxylic acid groups (broad SMARTS) is 1. The van der Waals surface area contributed by atoms with E-state index in [1.807, 2.05) is 0 Å². The van der Waals surface area contributed by atoms with Gasteiger partial charge in [0.15, 0.2) is 0 Å². The van der Waals surface area contributed by atoms with Gasteiger partial charge in [-0.3, -0.25) is 4.79 Å². The molecule has 1 fully saturated rings. The highest BCUT2D eigenvalue weighted by molar-refractivity contribution is 5.66. The highest BCUT2D eigenvalue weighted by Gasteiger charge is 2.11. The lowest BCUT2D eigenvalue weighted by molar-refractivity contribution is -0.136. The van der Waals surface area contributed by atoms with Crippen molar-refractivity contribution < 1.29 is 9.90 Å². The third-order valence-electron chi connectivity index (χ3n) is 2.11. The van der Waals surface area contributed by atoms with Gasteiger partial charge < -0.3 is 15.7 Å². The molecule has 0 aromatic heterocycles. The van der Waals surface area contributed by atoms with Crippen LogP contribution in [0.15, 0.2) is 0 Å². The molecule has 4 nitrogen and oxygen atoms in total. The molecule has 0 radical (unpaired) electrons. The van der Waals surface area contributed by atoms with Crippen LogP contribution in [0.1, 0.15) is 19.3 Å². The van der Waals surface area contributed by atoms with E-state index in [0.29, 0.717) is 12.6 Å². The first-order chi connectivity index (χ1) is 5.79. The average Bonchev–Trinajstić information content (AvgIpc) is 2.05. The average molecular weight is 172 g/mol. The van der Waals surface area contributed by atoms with E-state index >= 15 is 0 Å². The summed E-state index contributed by atoms with van der Waals surface area (Å²) >= 11 is 0. The van der Waals surface area contributed by atoms with Crippen LogP contribution in [-0.2, 0) is 4.79 Å². The van der Waals surface area contributed by atoms with Gasteiger partial charge in [0.05, 0.1) is 6.42 Å². The number of nitrogens with one attached hydrogen (secondary N) is 2. The molecule has 1 rings (SSSR count). The quantitative estimate of drug-likeness (QED) is 0.549. The summed E-state index contributed by atoms with van der Waals surface area (Å²) in [7, 11) is 0. The maximum Gasteiger partial charge on any atom is 0.304 e. The summed E-state index contributed by atoms with van der Waals surface area (Å²) < 4.78 is 0. The van der Waals surface area contributed by atoms with Crippen molar-refractivity contribution in [3.8, 4) is 0 Å². The Balaban J connectivity index is 2.01. The third kappa shape index (κ3) is 3.69. The lowest BCUT2D eigenvalue weighted by atomic mass is 10.1. The topological polar surface area (TPSA) is 61.4 Å². The number of piperidine rings is 1. The van der Waals surface area contributed by atoms with Gasteiger partial charge in [-0.1, -0.05) is 0 Å². The van der Waals surface area contributed by atoms with E-state index in [4.69, 9.17) is 5.11 Å². The Kier molecular flexibility index (Phi) is 4.04. The molecule has 0 amide bonds. The first-order valence-corrected chi connectivity index (χ1v) is 4.45. The smallest absolute Gasteiger partial charge is 0.304 e. The lowest BCUT2D eigenvalue weighted by Crippen LogP contribution is -2.40. The zero-order valence-corrected chi connectivity index (χ0v) is 7.18. The maximum atomic E-state index is 10.2. The summed E-state index contributed by atoms with van der Waals surface area (Å²) in [4.78, 5) is 10.2. The molecule has 0 aromatic rings. The fraction of sp³-hybridized carbons (Fsp3) is 0.875. The summed E-state index contributed by atoms with van der Waals surface area (Å²) in [5, 5.41) is 14.9. The number of hydrogen-bond acceptors (Lipinski definition) is 3. The molecular weight excluding hydrogens is 156 g/mol. The predicted octanol–water partition coefficient (Wildman–Crippen LogP) is -0.197. The zero-order chi connectivity index (χ0) is 8.81. The molecular formula is C8H16N2O2. The molecule has 0 aliphatic carbocycles. The predicted molar refractivity (Wildman–Crippen MR) is 46.1 cm³/mol. The minimum absolute atomic E-state index is 0.226. The van der Waals surface area contributed by atoms with Crippen molar-refractivity contribution in [3.05, 3.63) is 0 Å². The molecule has 1 aliphatic rings. The first-order valence-electron chi connectivity index (χ1n) is 4.45. The van der Waals surface area contributed by atoms with Crippen molar-refractivity contribution in [1.82, 2.24) is 10.6 Å². The van der Waals surface area contributed by atoms with Crippen molar-refractivity contribution in [2.75, 3.05) is 19.6 Å². The molecule has 0 unspecified atom stereocenters. The Morgan fingerprint density at radius 3 is 2.75 bits per heavy atom. The Morgan fingerprint density at radius 1 is 1.50 bits per heavy atom. The van der Waals surface area contributed by atoms with Crippen molar-refractivity contribution in [3.63, 3.8) is 0 Å². The normalized spacial score (nSPS) is 19.3. The second kappa shape index (κ2) is 5.11. The molecule has 12 heavy (non-hydrogen) atoms. The standard InChI is InChI=1S/C8H16N2O2/c11-8(12)3-6-10-7-1-4-9-5-2-7/h7,9-10H,1-6H2,(H,11,12). The Morgan fingerprint density at radius 2 is 2.17 bits per heavy atom. The number of hydrogen-bond donors (Lipinski definition) is 3. The van der Waals surface area contributed by atoms with Crippen LogP contribution in [0.2, 0.25) is 0 Å². The van der Waals surface area contributed by atoms with Gasteiger partial charge in [0.25, 0.3) is 0 Å². The summed E-state index contributed by atoms with van der Waals surface area (Å²) in [5.74, 6) is -0.726. The molecule has 70 valence electrons. The molecule has 4 heteroatoms. The van der Waals surface area contributed by atoms with E-state index < -0.39 is 5.97 Å². The third-order valence-corrected chi connectivity index (χ3v) is 2.11. The maximum absolute atomic E-state index is 10.2. The molecule has 0 saturated carbocycles. The molecule has 3 N–H and O–H groups in total. The number of rotatable bonds is 4. The zero-order valence-electron chi connectivity index (χ0n) is 7.18. The summed E-state index contributed by atoms with van der Waals surface area (Å²) in [6.07, 6.45) is 2.45. The van der Waals surface area contributed by atoms with E-state index in [1.165, 1.54) is 0 Å². The molecule has 1 saturated heterocycles. The van der Waals surface area contributed by atoms with Crippen LogP contribution in [0.3, 0.4) is 0 Å². The summed E-state index contributed by atoms with van der Waals surface area (Å²) in [5.41, 5.74) is 0. The van der Waals surface area contributed by atoms with E-state index in [-0.39, 0.29) is 6.42 Å². The van der Waals surface area contributed by atoms with Gasteiger partial charge in [-0.15, -0.1) is 0 Å². The van der Waals surface area contributed by atoms with Crippen LogP contribution in [0, 0.1) is 0 Å². The van der Waals surface area contributed by atoms with Gasteiger partial charge in [-0.25, -0.2) is 0 Å². The fourth-order valence-corrected chi connectivity index (χ4v) is 1.41. The lowest BCUT2D eigenvalue weighted by Gasteiger charge is -2.23. The van der Waals surface area contributed by atoms with Gasteiger partial charge in [0, 0.05) is 12.6 Å². The summed E-state index contributed by atoms with van der Waals surface area (Å²) in [6.45, 7) is 2.69. The largest absolute Gasteiger partial charge is 0.481 e. The van der Waals surface area contributed by atoms with Gasteiger partial charge in [0.1, 0.15) is 0 Å². The molecule has 1 aliphatic heterocycles. The van der Waals surface area contributed by atoms with E-state index in [1.54, 1.807) is 0 Å². The van der Waals surface area contributed by atoms with Crippen LogP contribution in [0.4, 0.5) is 0 Å². The highest BCUT2D eigenvalue weighted by atomic mass is 16.4. The van der Waals surface area contributed by atoms with E-state index in [9.17, 15) is 4.79 Å². The van der Waals surface area contributed by atoms with Gasteiger partial charge >= 0.3 is 5.97 Å². The Hall–Kier alpha value is -0.610. The summed E-state index contributed by atoms with van der Waals surface area (Å²) in [6, 6.07) is 0.519. The SMILES string of the molecule is O=C(O)CCNC1CCNCC1. The fourth-order valence-electron chi connectivity index (χ4n) is 1.41. The molecule has 0 atom stereocenters. The van der Waals surface area contributed by atoms with Crippen molar-refractivity contribution in [1.29, 1.82) is 0 Å². The number of carbonyl (C=O) groups is 1. The minimum Gasteiger partial charge on any atom is -0.481 e. The van der Waals surface area contributed by atoms with Crippen LogP contribution in [0.5, 0.6) is 0 Å². The first kappa shape index (κ1) is 9.48. The van der Waals surface area contributed by atoms with Crippen LogP contribution < -0.4 is 10.6 Å². The van der Waals surface area contributed by atoms with Gasteiger partial charge in [0.2, 0.25) is 0 Å². The second-order valence-corrected chi connectivity index (χ2v) is 3.12. The monoisotopic (exact) mass is 172 g/mol. The van der Waals surface area contributed by atoms with Crippen LogP contribution in [0.25, 0.3) is 0 Å². The minimum atomic E-state index is -0.726. The van der Waals surface area contributed by atoms with Gasteiger partial charge in [-0.2, -0.15) is 0 Å². The number of aliphatic carboxylic acids is 1. The number of carboxylic acids is 1. The molecule has 0 aromatic carbocycles. The van der Waals surface area contributed by atoms with Crippen molar-refractivity contribution >= 4 is 5.97 Å². The van der Waals surface area contributed by atoms with E-state index in [0.717, 1.165) is 25.9 Å². The Bertz CT molecular complexity index is 144. The second-order valence-electron chi connectivity index (χ2n) is 3.12. The van der Waals surface area contributed by atoms with Crippen molar-refractivity contribution in [2.24, 2.45) is 0 Å². The van der Waals surface area contributed by atoms with Crippen LogP contribution in [-0.4, -0.2) is 36.8 Å². The molecule has 1 heterocycles. The van der Waals surface area contributed by atoms with Gasteiger partial charge in [-0.05, 0) is 25.9 Å². The molecule has 0 bridgehead atoms. The van der Waals surface area contributed by atoms with Crippen LogP contribution >= 0.6 is 0 Å². The van der Waals surface area contributed by atoms with Crippen molar-refractivity contribution in [2.45, 2.75) is 25.3 Å². The Labute approximate surface area is 72.3 Å². The van der Waals surface area contributed by atoms with E-state index in [2.05, 4.69) is 10.6 Å². The highest BCUT2D eigenvalue weighted by Crippen LogP contribution is 2.01. The molecule has 0 spiro atoms.